The van der Waals surface area contributed by atoms with E-state index < -0.39 is 0 Å². The van der Waals surface area contributed by atoms with Crippen LogP contribution >= 0.6 is 0 Å². The van der Waals surface area contributed by atoms with E-state index in [1.54, 1.807) is 48.5 Å². The fraction of sp³-hybridized carbons (Fsp3) is 0.103. The molecule has 4 aromatic carbocycles. The van der Waals surface area contributed by atoms with Gasteiger partial charge in [-0.25, -0.2) is 0 Å². The molecule has 3 heteroatoms. The summed E-state index contributed by atoms with van der Waals surface area (Å²) in [6.45, 7) is 4.10. The number of carbonyl (C=O) groups excluding carboxylic acids is 2. The highest BCUT2D eigenvalue weighted by atomic mass is 16.5. The molecule has 0 spiro atoms. The number of aryl methyl sites for hydroxylation is 2. The molecule has 32 heavy (non-hydrogen) atoms. The molecule has 3 nitrogen and oxygen atoms in total. The summed E-state index contributed by atoms with van der Waals surface area (Å²) in [6.07, 6.45) is 0.935. The van der Waals surface area contributed by atoms with Crippen LogP contribution in [0.3, 0.4) is 0 Å². The number of benzene rings is 4. The summed E-state index contributed by atoms with van der Waals surface area (Å²) < 4.78 is 5.82. The quantitative estimate of drug-likeness (QED) is 0.308. The zero-order chi connectivity index (χ0) is 22.5. The van der Waals surface area contributed by atoms with Crippen molar-refractivity contribution in [1.82, 2.24) is 0 Å². The lowest BCUT2D eigenvalue weighted by molar-refractivity contribution is 0.102. The van der Waals surface area contributed by atoms with Crippen molar-refractivity contribution in [2.24, 2.45) is 0 Å². The van der Waals surface area contributed by atoms with Gasteiger partial charge in [0.1, 0.15) is 11.5 Å². The van der Waals surface area contributed by atoms with Crippen molar-refractivity contribution in [2.45, 2.75) is 20.3 Å². The smallest absolute Gasteiger partial charge is 0.193 e. The molecule has 4 aromatic rings. The predicted molar refractivity (Wildman–Crippen MR) is 127 cm³/mol. The Morgan fingerprint density at radius 1 is 0.562 bits per heavy atom. The largest absolute Gasteiger partial charge is 0.457 e. The Hall–Kier alpha value is -3.98. The van der Waals surface area contributed by atoms with Crippen molar-refractivity contribution in [3.63, 3.8) is 0 Å². The molecule has 0 unspecified atom stereocenters. The Morgan fingerprint density at radius 3 is 1.31 bits per heavy atom. The Kier molecular flexibility index (Phi) is 6.27. The molecule has 0 bridgehead atoms. The molecule has 0 heterocycles. The first-order valence-electron chi connectivity index (χ1n) is 10.7. The lowest BCUT2D eigenvalue weighted by atomic mass is 9.98. The van der Waals surface area contributed by atoms with Crippen LogP contribution in [0.2, 0.25) is 0 Å². The first kappa shape index (κ1) is 21.3. The molecular formula is C29H24O3. The molecule has 0 atom stereocenters. The zero-order valence-electron chi connectivity index (χ0n) is 18.2. The first-order valence-corrected chi connectivity index (χ1v) is 10.7. The van der Waals surface area contributed by atoms with Gasteiger partial charge < -0.3 is 4.74 Å². The molecule has 0 aromatic heterocycles. The maximum absolute atomic E-state index is 12.8. The minimum Gasteiger partial charge on any atom is -0.457 e. The zero-order valence-corrected chi connectivity index (χ0v) is 18.2. The summed E-state index contributed by atoms with van der Waals surface area (Å²) in [5.41, 5.74) is 4.67. The van der Waals surface area contributed by atoms with E-state index in [1.807, 2.05) is 55.5 Å². The maximum Gasteiger partial charge on any atom is 0.193 e. The van der Waals surface area contributed by atoms with Crippen molar-refractivity contribution in [1.29, 1.82) is 0 Å². The van der Waals surface area contributed by atoms with Crippen LogP contribution in [-0.2, 0) is 6.42 Å². The number of carbonyl (C=O) groups is 2. The van der Waals surface area contributed by atoms with Gasteiger partial charge >= 0.3 is 0 Å². The number of hydrogen-bond acceptors (Lipinski definition) is 3. The molecule has 0 aliphatic heterocycles. The molecule has 0 aliphatic rings. The first-order chi connectivity index (χ1) is 15.5. The summed E-state index contributed by atoms with van der Waals surface area (Å²) in [6, 6.07) is 29.3. The fourth-order valence-corrected chi connectivity index (χ4v) is 3.41. The predicted octanol–water partition coefficient (Wildman–Crippen LogP) is 6.81. The summed E-state index contributed by atoms with van der Waals surface area (Å²) in [5.74, 6) is 1.27. The second-order valence-corrected chi connectivity index (χ2v) is 7.73. The molecule has 158 valence electrons. The topological polar surface area (TPSA) is 43.4 Å². The van der Waals surface area contributed by atoms with E-state index in [0.717, 1.165) is 12.2 Å². The third kappa shape index (κ3) is 4.84. The third-order valence-electron chi connectivity index (χ3n) is 5.41. The van der Waals surface area contributed by atoms with E-state index in [0.29, 0.717) is 28.0 Å². The number of hydrogen-bond donors (Lipinski definition) is 0. The highest BCUT2D eigenvalue weighted by Gasteiger charge is 2.13. The van der Waals surface area contributed by atoms with Gasteiger partial charge in [0.2, 0.25) is 0 Å². The maximum atomic E-state index is 12.8. The van der Waals surface area contributed by atoms with Crippen molar-refractivity contribution in [3.8, 4) is 11.5 Å². The minimum absolute atomic E-state index is 0.0516. The molecule has 0 saturated heterocycles. The van der Waals surface area contributed by atoms with Gasteiger partial charge in [0.25, 0.3) is 0 Å². The highest BCUT2D eigenvalue weighted by Crippen LogP contribution is 2.23. The van der Waals surface area contributed by atoms with Gasteiger partial charge in [-0.2, -0.15) is 0 Å². The molecule has 0 amide bonds. The Morgan fingerprint density at radius 2 is 0.906 bits per heavy atom. The minimum atomic E-state index is -0.0989. The third-order valence-corrected chi connectivity index (χ3v) is 5.41. The van der Waals surface area contributed by atoms with Crippen molar-refractivity contribution >= 4 is 11.6 Å². The molecule has 0 radical (unpaired) electrons. The van der Waals surface area contributed by atoms with Crippen molar-refractivity contribution < 1.29 is 14.3 Å². The van der Waals surface area contributed by atoms with Crippen LogP contribution in [0, 0.1) is 6.92 Å². The van der Waals surface area contributed by atoms with Crippen LogP contribution in [0.15, 0.2) is 97.1 Å². The molecular weight excluding hydrogens is 396 g/mol. The average molecular weight is 421 g/mol. The summed E-state index contributed by atoms with van der Waals surface area (Å²) in [7, 11) is 0. The summed E-state index contributed by atoms with van der Waals surface area (Å²) in [4.78, 5) is 25.6. The van der Waals surface area contributed by atoms with Gasteiger partial charge in [-0.05, 0) is 55.3 Å². The number of ketones is 2. The van der Waals surface area contributed by atoms with Gasteiger partial charge in [-0.3, -0.25) is 9.59 Å². The van der Waals surface area contributed by atoms with Gasteiger partial charge in [0, 0.05) is 22.3 Å². The average Bonchev–Trinajstić information content (AvgIpc) is 2.85. The van der Waals surface area contributed by atoms with E-state index in [4.69, 9.17) is 4.74 Å². The SMILES string of the molecule is CCc1ccc(C(=O)c2ccc(C(=O)c3ccc(Oc4ccc(C)cc4)cc3)cc2)cc1. The van der Waals surface area contributed by atoms with Crippen LogP contribution in [0.1, 0.15) is 49.9 Å². The van der Waals surface area contributed by atoms with Gasteiger partial charge in [0.05, 0.1) is 0 Å². The highest BCUT2D eigenvalue weighted by molar-refractivity contribution is 6.11. The second-order valence-electron chi connectivity index (χ2n) is 7.73. The fourth-order valence-electron chi connectivity index (χ4n) is 3.41. The number of rotatable bonds is 7. The molecule has 0 N–H and O–H groups in total. The lowest BCUT2D eigenvalue weighted by Crippen LogP contribution is -2.04. The second kappa shape index (κ2) is 9.44. The molecule has 0 saturated carbocycles. The molecule has 0 fully saturated rings. The van der Waals surface area contributed by atoms with Crippen LogP contribution < -0.4 is 4.74 Å². The van der Waals surface area contributed by atoms with E-state index in [-0.39, 0.29) is 11.6 Å². The van der Waals surface area contributed by atoms with Crippen molar-refractivity contribution in [3.05, 3.63) is 130 Å². The van der Waals surface area contributed by atoms with Gasteiger partial charge in [-0.15, -0.1) is 0 Å². The summed E-state index contributed by atoms with van der Waals surface area (Å²) >= 11 is 0. The van der Waals surface area contributed by atoms with Gasteiger partial charge in [0.15, 0.2) is 11.6 Å². The molecule has 0 aliphatic carbocycles. The van der Waals surface area contributed by atoms with Crippen LogP contribution in [-0.4, -0.2) is 11.6 Å². The monoisotopic (exact) mass is 420 g/mol. The summed E-state index contributed by atoms with van der Waals surface area (Å²) in [5, 5.41) is 0. The normalized spacial score (nSPS) is 10.6. The molecule has 4 rings (SSSR count). The Balaban J connectivity index is 1.44. The Labute approximate surface area is 188 Å². The Bertz CT molecular complexity index is 1220. The number of ether oxygens (including phenoxy) is 1. The van der Waals surface area contributed by atoms with Crippen LogP contribution in [0.25, 0.3) is 0 Å². The van der Waals surface area contributed by atoms with Gasteiger partial charge in [-0.1, -0.05) is 73.2 Å². The standard InChI is InChI=1S/C29H24O3/c1-3-21-6-8-22(9-7-21)28(30)23-10-12-24(13-11-23)29(31)25-14-18-27(19-15-25)32-26-16-4-20(2)5-17-26/h4-19H,3H2,1-2H3. The van der Waals surface area contributed by atoms with Crippen molar-refractivity contribution in [2.75, 3.05) is 0 Å². The van der Waals surface area contributed by atoms with Crippen LogP contribution in [0.4, 0.5) is 0 Å². The lowest BCUT2D eigenvalue weighted by Gasteiger charge is -2.08. The van der Waals surface area contributed by atoms with E-state index in [9.17, 15) is 9.59 Å². The van der Waals surface area contributed by atoms with E-state index >= 15 is 0 Å². The van der Waals surface area contributed by atoms with E-state index in [1.165, 1.54) is 11.1 Å². The van der Waals surface area contributed by atoms with E-state index in [2.05, 4.69) is 6.92 Å². The van der Waals surface area contributed by atoms with Crippen LogP contribution in [0.5, 0.6) is 11.5 Å².